The van der Waals surface area contributed by atoms with Gasteiger partial charge in [-0.25, -0.2) is 15.0 Å². The molecule has 14 rings (SSSR count). The van der Waals surface area contributed by atoms with Gasteiger partial charge >= 0.3 is 0 Å². The van der Waals surface area contributed by atoms with Crippen LogP contribution in [0.1, 0.15) is 0 Å². The summed E-state index contributed by atoms with van der Waals surface area (Å²) in [7, 11) is 0. The number of hydrogen-bond donors (Lipinski definition) is 0. The van der Waals surface area contributed by atoms with Crippen molar-refractivity contribution in [2.24, 2.45) is 0 Å². The van der Waals surface area contributed by atoms with Gasteiger partial charge in [-0.2, -0.15) is 0 Å². The van der Waals surface area contributed by atoms with Gasteiger partial charge in [-0.05, 0) is 66.2 Å². The first-order valence-electron chi connectivity index (χ1n) is 23.4. The van der Waals surface area contributed by atoms with Crippen LogP contribution in [0.2, 0.25) is 0 Å². The van der Waals surface area contributed by atoms with Gasteiger partial charge in [0.05, 0.1) is 44.5 Å². The highest BCUT2D eigenvalue weighted by molar-refractivity contribution is 6.13. The van der Waals surface area contributed by atoms with Gasteiger partial charge in [-0.1, -0.05) is 182 Å². The molecule has 0 saturated carbocycles. The smallest absolute Gasteiger partial charge is 0.164 e. The third-order valence-electron chi connectivity index (χ3n) is 13.7. The van der Waals surface area contributed by atoms with Crippen molar-refractivity contribution in [2.75, 3.05) is 0 Å². The maximum atomic E-state index is 5.34. The number of benzene rings is 10. The summed E-state index contributed by atoms with van der Waals surface area (Å²) in [4.78, 5) is 15.8. The Bertz CT molecular complexity index is 3940. The zero-order valence-corrected chi connectivity index (χ0v) is 37.3. The second-order valence-corrected chi connectivity index (χ2v) is 17.6. The second-order valence-electron chi connectivity index (χ2n) is 17.6. The number of nitrogens with zero attached hydrogens (tertiary/aromatic N) is 6. The highest BCUT2D eigenvalue weighted by atomic mass is 15.1. The molecule has 4 aromatic heterocycles. The molecule has 4 heterocycles. The van der Waals surface area contributed by atoms with Crippen LogP contribution in [0.25, 0.3) is 128 Å². The Balaban J connectivity index is 1.12. The monoisotopic (exact) mass is 880 g/mol. The van der Waals surface area contributed by atoms with E-state index < -0.39 is 0 Å². The summed E-state index contributed by atoms with van der Waals surface area (Å²) in [5.41, 5.74) is 14.8. The van der Waals surface area contributed by atoms with E-state index >= 15 is 0 Å². The van der Waals surface area contributed by atoms with Crippen LogP contribution in [0.15, 0.2) is 243 Å². The fraction of sp³-hybridized carbons (Fsp3) is 0. The van der Waals surface area contributed by atoms with Crippen molar-refractivity contribution < 1.29 is 0 Å². The van der Waals surface area contributed by atoms with Crippen LogP contribution < -0.4 is 0 Å². The molecule has 0 bridgehead atoms. The molecule has 0 radical (unpaired) electrons. The standard InChI is InChI=1S/C63H40N6/c1-3-19-42(20-4-1)61-64-62(43-21-5-2-6-22-43)66-63(65-61)44-39-58(68-54-31-15-9-25-48(54)49-26-10-16-32-55(49)68)60(59(40-44)69-56-33-17-11-27-50(56)51-28-12-18-34-57(51)69)41-35-37-45(38-36-41)67-52-29-13-7-23-46(52)47-24-8-14-30-53(47)67/h1-40H. The molecule has 0 unspecified atom stereocenters. The Hall–Kier alpha value is -9.39. The molecule has 0 atom stereocenters. The lowest BCUT2D eigenvalue weighted by Crippen LogP contribution is -2.06. The minimum Gasteiger partial charge on any atom is -0.309 e. The first kappa shape index (κ1) is 38.8. The van der Waals surface area contributed by atoms with Gasteiger partial charge in [-0.15, -0.1) is 0 Å². The molecule has 0 amide bonds. The molecule has 6 heteroatoms. The van der Waals surface area contributed by atoms with Crippen molar-refractivity contribution in [1.82, 2.24) is 28.7 Å². The quantitative estimate of drug-likeness (QED) is 0.160. The van der Waals surface area contributed by atoms with E-state index in [9.17, 15) is 0 Å². The van der Waals surface area contributed by atoms with E-state index in [0.717, 1.165) is 66.9 Å². The van der Waals surface area contributed by atoms with Crippen LogP contribution in [-0.4, -0.2) is 28.7 Å². The highest BCUT2D eigenvalue weighted by Gasteiger charge is 2.25. The summed E-state index contributed by atoms with van der Waals surface area (Å²) < 4.78 is 7.27. The Morgan fingerprint density at radius 2 is 0.522 bits per heavy atom. The van der Waals surface area contributed by atoms with Crippen molar-refractivity contribution in [3.05, 3.63) is 243 Å². The maximum absolute atomic E-state index is 5.34. The number of aromatic nitrogens is 6. The van der Waals surface area contributed by atoms with Crippen molar-refractivity contribution in [2.45, 2.75) is 0 Å². The zero-order valence-electron chi connectivity index (χ0n) is 37.3. The average molecular weight is 881 g/mol. The highest BCUT2D eigenvalue weighted by Crippen LogP contribution is 2.45. The SMILES string of the molecule is c1ccc(-c2nc(-c3ccccc3)nc(-c3cc(-n4c5ccccc5c5ccccc54)c(-c4ccc(-n5c6ccccc6c6ccccc65)cc4)c(-n4c5ccccc5c5ccccc54)c3)n2)cc1. The van der Waals surface area contributed by atoms with Gasteiger partial charge in [0.25, 0.3) is 0 Å². The lowest BCUT2D eigenvalue weighted by molar-refractivity contribution is 1.07. The molecule has 0 aliphatic heterocycles. The summed E-state index contributed by atoms with van der Waals surface area (Å²) in [6.07, 6.45) is 0. The molecule has 0 aliphatic rings. The van der Waals surface area contributed by atoms with E-state index in [2.05, 4.69) is 220 Å². The number of hydrogen-bond acceptors (Lipinski definition) is 3. The van der Waals surface area contributed by atoms with Crippen molar-refractivity contribution in [1.29, 1.82) is 0 Å². The Kier molecular flexibility index (Phi) is 8.79. The fourth-order valence-electron chi connectivity index (χ4n) is 10.7. The van der Waals surface area contributed by atoms with E-state index in [1.807, 2.05) is 36.4 Å². The maximum Gasteiger partial charge on any atom is 0.164 e. The number of para-hydroxylation sites is 6. The summed E-state index contributed by atoms with van der Waals surface area (Å²) in [5.74, 6) is 1.81. The van der Waals surface area contributed by atoms with E-state index in [1.165, 1.54) is 43.4 Å². The molecule has 0 fully saturated rings. The van der Waals surface area contributed by atoms with Gasteiger partial charge in [0.2, 0.25) is 0 Å². The average Bonchev–Trinajstić information content (AvgIpc) is 4.07. The normalized spacial score (nSPS) is 11.8. The van der Waals surface area contributed by atoms with Gasteiger partial charge in [-0.3, -0.25) is 0 Å². The summed E-state index contributed by atoms with van der Waals surface area (Å²) in [5, 5.41) is 7.20. The van der Waals surface area contributed by atoms with Gasteiger partial charge in [0.1, 0.15) is 0 Å². The predicted octanol–water partition coefficient (Wildman–Crippen LogP) is 15.8. The minimum atomic E-state index is 0.583. The Morgan fingerprint density at radius 3 is 0.870 bits per heavy atom. The zero-order chi connectivity index (χ0) is 45.4. The van der Waals surface area contributed by atoms with E-state index in [4.69, 9.17) is 15.0 Å². The molecule has 10 aromatic carbocycles. The van der Waals surface area contributed by atoms with Crippen molar-refractivity contribution in [3.8, 4) is 62.4 Å². The third-order valence-corrected chi connectivity index (χ3v) is 13.7. The van der Waals surface area contributed by atoms with Crippen LogP contribution in [0.4, 0.5) is 0 Å². The lowest BCUT2D eigenvalue weighted by Gasteiger charge is -2.22. The molecule has 0 aliphatic carbocycles. The van der Waals surface area contributed by atoms with Crippen LogP contribution >= 0.6 is 0 Å². The largest absolute Gasteiger partial charge is 0.309 e. The van der Waals surface area contributed by atoms with E-state index in [0.29, 0.717) is 17.5 Å². The van der Waals surface area contributed by atoms with Gasteiger partial charge in [0.15, 0.2) is 17.5 Å². The van der Waals surface area contributed by atoms with Crippen molar-refractivity contribution in [3.63, 3.8) is 0 Å². The first-order valence-corrected chi connectivity index (χ1v) is 23.4. The van der Waals surface area contributed by atoms with Crippen LogP contribution in [0.5, 0.6) is 0 Å². The van der Waals surface area contributed by atoms with Crippen LogP contribution in [-0.2, 0) is 0 Å². The van der Waals surface area contributed by atoms with E-state index in [1.54, 1.807) is 0 Å². The van der Waals surface area contributed by atoms with E-state index in [-0.39, 0.29) is 0 Å². The number of rotatable bonds is 7. The molecule has 0 spiro atoms. The van der Waals surface area contributed by atoms with Crippen LogP contribution in [0, 0.1) is 0 Å². The predicted molar refractivity (Wildman–Crippen MR) is 285 cm³/mol. The molecule has 6 nitrogen and oxygen atoms in total. The molecular formula is C63H40N6. The molecule has 0 saturated heterocycles. The molecule has 322 valence electrons. The van der Waals surface area contributed by atoms with Crippen molar-refractivity contribution >= 4 is 65.4 Å². The Labute approximate surface area is 397 Å². The summed E-state index contributed by atoms with van der Waals surface area (Å²) in [6.45, 7) is 0. The molecule has 0 N–H and O–H groups in total. The first-order chi connectivity index (χ1) is 34.2. The summed E-state index contributed by atoms with van der Waals surface area (Å²) in [6, 6.07) is 86.5. The second kappa shape index (κ2) is 15.6. The Morgan fingerprint density at radius 1 is 0.232 bits per heavy atom. The fourth-order valence-corrected chi connectivity index (χ4v) is 10.7. The lowest BCUT2D eigenvalue weighted by atomic mass is 9.97. The summed E-state index contributed by atoms with van der Waals surface area (Å²) >= 11 is 0. The van der Waals surface area contributed by atoms with Gasteiger partial charge in [0, 0.05) is 60.3 Å². The van der Waals surface area contributed by atoms with Crippen LogP contribution in [0.3, 0.4) is 0 Å². The molecule has 69 heavy (non-hydrogen) atoms. The van der Waals surface area contributed by atoms with Gasteiger partial charge < -0.3 is 13.7 Å². The molecular weight excluding hydrogens is 841 g/mol. The third kappa shape index (κ3) is 6.16. The molecule has 14 aromatic rings. The topological polar surface area (TPSA) is 53.5 Å². The number of fused-ring (bicyclic) bond motifs is 9. The minimum absolute atomic E-state index is 0.583.